The van der Waals surface area contributed by atoms with Crippen LogP contribution in [0.15, 0.2) is 42.5 Å². The van der Waals surface area contributed by atoms with Crippen LogP contribution in [0.4, 0.5) is 5.69 Å². The van der Waals surface area contributed by atoms with E-state index in [4.69, 9.17) is 9.47 Å². The van der Waals surface area contributed by atoms with Crippen LogP contribution in [-0.2, 0) is 21.6 Å². The maximum Gasteiger partial charge on any atom is 0.313 e. The van der Waals surface area contributed by atoms with Crippen LogP contribution in [0, 0.1) is 0 Å². The van der Waals surface area contributed by atoms with Gasteiger partial charge in [-0.3, -0.25) is 9.59 Å². The van der Waals surface area contributed by atoms with Gasteiger partial charge in [-0.05, 0) is 36.1 Å². The Labute approximate surface area is 156 Å². The van der Waals surface area contributed by atoms with E-state index in [1.165, 1.54) is 0 Å². The summed E-state index contributed by atoms with van der Waals surface area (Å²) in [7, 11) is 0. The van der Waals surface area contributed by atoms with Crippen LogP contribution in [0.1, 0.15) is 17.5 Å². The molecule has 0 radical (unpaired) electrons. The highest BCUT2D eigenvalue weighted by Gasteiger charge is 2.37. The zero-order chi connectivity index (χ0) is 18.9. The van der Waals surface area contributed by atoms with Crippen molar-refractivity contribution in [3.05, 3.63) is 53.6 Å². The molecule has 7 heteroatoms. The predicted octanol–water partition coefficient (Wildman–Crippen LogP) is 1.35. The number of nitrogens with one attached hydrogen (secondary N) is 2. The molecule has 2 aromatic rings. The lowest BCUT2D eigenvalue weighted by Crippen LogP contribution is -2.43. The Morgan fingerprint density at radius 2 is 1.81 bits per heavy atom. The van der Waals surface area contributed by atoms with Crippen LogP contribution in [0.2, 0.25) is 0 Å². The van der Waals surface area contributed by atoms with E-state index in [0.29, 0.717) is 36.8 Å². The largest absolute Gasteiger partial charge is 0.486 e. The average molecular weight is 368 g/mol. The summed E-state index contributed by atoms with van der Waals surface area (Å²) in [6, 6.07) is 12.5. The number of fused-ring (bicyclic) bond motifs is 2. The van der Waals surface area contributed by atoms with Crippen molar-refractivity contribution in [1.29, 1.82) is 0 Å². The van der Waals surface area contributed by atoms with Crippen LogP contribution < -0.4 is 20.1 Å². The third kappa shape index (κ3) is 3.46. The average Bonchev–Trinajstić information content (AvgIpc) is 3.03. The fraction of sp³-hybridized carbons (Fsp3) is 0.300. The highest BCUT2D eigenvalue weighted by molar-refractivity contribution is 6.39. The lowest BCUT2D eigenvalue weighted by atomic mass is 9.96. The normalized spacial score (nSPS) is 19.9. The van der Waals surface area contributed by atoms with Gasteiger partial charge in [0.15, 0.2) is 11.5 Å². The second-order valence-electron chi connectivity index (χ2n) is 6.68. The zero-order valence-corrected chi connectivity index (χ0v) is 14.7. The van der Waals surface area contributed by atoms with Crippen LogP contribution in [0.25, 0.3) is 0 Å². The van der Waals surface area contributed by atoms with Gasteiger partial charge in [0.25, 0.3) is 0 Å². The van der Waals surface area contributed by atoms with E-state index in [9.17, 15) is 14.7 Å². The van der Waals surface area contributed by atoms with Gasteiger partial charge >= 0.3 is 11.8 Å². The Balaban J connectivity index is 1.37. The molecule has 2 amide bonds. The quantitative estimate of drug-likeness (QED) is 0.711. The van der Waals surface area contributed by atoms with E-state index in [-0.39, 0.29) is 6.54 Å². The molecule has 1 atom stereocenters. The van der Waals surface area contributed by atoms with Crippen molar-refractivity contribution in [3.63, 3.8) is 0 Å². The first-order chi connectivity index (χ1) is 13.0. The summed E-state index contributed by atoms with van der Waals surface area (Å²) in [4.78, 5) is 24.3. The van der Waals surface area contributed by atoms with Gasteiger partial charge in [-0.1, -0.05) is 24.3 Å². The van der Waals surface area contributed by atoms with E-state index in [1.54, 1.807) is 18.2 Å². The van der Waals surface area contributed by atoms with E-state index in [0.717, 1.165) is 17.5 Å². The van der Waals surface area contributed by atoms with E-state index < -0.39 is 17.4 Å². The molecule has 3 N–H and O–H groups in total. The third-order valence-electron chi connectivity index (χ3n) is 4.87. The minimum Gasteiger partial charge on any atom is -0.486 e. The smallest absolute Gasteiger partial charge is 0.313 e. The molecule has 0 spiro atoms. The summed E-state index contributed by atoms with van der Waals surface area (Å²) in [5.41, 5.74) is 1.15. The van der Waals surface area contributed by atoms with Gasteiger partial charge in [0.05, 0.1) is 6.54 Å². The molecular weight excluding hydrogens is 348 g/mol. The molecule has 0 bridgehead atoms. The minimum absolute atomic E-state index is 0.0165. The fourth-order valence-electron chi connectivity index (χ4n) is 3.47. The maximum atomic E-state index is 12.2. The number of hydrogen-bond donors (Lipinski definition) is 3. The van der Waals surface area contributed by atoms with Crippen molar-refractivity contribution in [2.75, 3.05) is 25.1 Å². The molecule has 1 aliphatic heterocycles. The van der Waals surface area contributed by atoms with Gasteiger partial charge in [0.1, 0.15) is 18.8 Å². The molecule has 1 aliphatic carbocycles. The standard InChI is InChI=1S/C20H20N2O5/c23-18(21-12-20(25)8-7-13-3-1-2-4-15(13)20)19(24)22-14-5-6-16-17(11-14)27-10-9-26-16/h1-6,11,25H,7-10,12H2,(H,21,23)(H,22,24)/t20-/m0/s1. The lowest BCUT2D eigenvalue weighted by molar-refractivity contribution is -0.136. The molecule has 140 valence electrons. The van der Waals surface area contributed by atoms with E-state index >= 15 is 0 Å². The maximum absolute atomic E-state index is 12.2. The fourth-order valence-corrected chi connectivity index (χ4v) is 3.47. The molecular formula is C20H20N2O5. The molecule has 0 unspecified atom stereocenters. The monoisotopic (exact) mass is 368 g/mol. The molecule has 4 rings (SSSR count). The summed E-state index contributed by atoms with van der Waals surface area (Å²) in [5, 5.41) is 15.9. The Bertz CT molecular complexity index is 898. The number of aliphatic hydroxyl groups is 1. The summed E-state index contributed by atoms with van der Waals surface area (Å²) >= 11 is 0. The minimum atomic E-state index is -1.15. The lowest BCUT2D eigenvalue weighted by Gasteiger charge is -2.24. The molecule has 0 saturated heterocycles. The summed E-state index contributed by atoms with van der Waals surface area (Å²) < 4.78 is 10.9. The highest BCUT2D eigenvalue weighted by Crippen LogP contribution is 2.36. The second-order valence-corrected chi connectivity index (χ2v) is 6.68. The third-order valence-corrected chi connectivity index (χ3v) is 4.87. The number of carbonyl (C=O) groups excluding carboxylic acids is 2. The molecule has 2 aliphatic rings. The van der Waals surface area contributed by atoms with Crippen molar-refractivity contribution >= 4 is 17.5 Å². The number of carbonyl (C=O) groups is 2. The Hall–Kier alpha value is -3.06. The number of aryl methyl sites for hydroxylation is 1. The SMILES string of the molecule is O=C(NC[C@@]1(O)CCc2ccccc21)C(=O)Nc1ccc2c(c1)OCCO2. The Morgan fingerprint density at radius 1 is 1.04 bits per heavy atom. The highest BCUT2D eigenvalue weighted by atomic mass is 16.6. The van der Waals surface area contributed by atoms with Gasteiger partial charge < -0.3 is 25.2 Å². The zero-order valence-electron chi connectivity index (χ0n) is 14.7. The van der Waals surface area contributed by atoms with Gasteiger partial charge in [0.2, 0.25) is 0 Å². The van der Waals surface area contributed by atoms with Crippen molar-refractivity contribution in [3.8, 4) is 11.5 Å². The van der Waals surface area contributed by atoms with E-state index in [2.05, 4.69) is 10.6 Å². The number of ether oxygens (including phenoxy) is 2. The molecule has 0 aromatic heterocycles. The van der Waals surface area contributed by atoms with Crippen LogP contribution in [0.5, 0.6) is 11.5 Å². The Morgan fingerprint density at radius 3 is 2.67 bits per heavy atom. The van der Waals surface area contributed by atoms with E-state index in [1.807, 2.05) is 24.3 Å². The molecule has 0 fully saturated rings. The molecule has 1 heterocycles. The van der Waals surface area contributed by atoms with Crippen molar-refractivity contribution < 1.29 is 24.2 Å². The second kappa shape index (κ2) is 6.92. The number of benzene rings is 2. The summed E-state index contributed by atoms with van der Waals surface area (Å²) in [6.07, 6.45) is 1.25. The topological polar surface area (TPSA) is 96.9 Å². The predicted molar refractivity (Wildman–Crippen MR) is 97.7 cm³/mol. The summed E-state index contributed by atoms with van der Waals surface area (Å²) in [6.45, 7) is 0.898. The van der Waals surface area contributed by atoms with Gasteiger partial charge in [-0.15, -0.1) is 0 Å². The first-order valence-electron chi connectivity index (χ1n) is 8.85. The van der Waals surface area contributed by atoms with Gasteiger partial charge in [0, 0.05) is 11.8 Å². The number of hydrogen-bond acceptors (Lipinski definition) is 5. The van der Waals surface area contributed by atoms with Gasteiger partial charge in [-0.25, -0.2) is 0 Å². The van der Waals surface area contributed by atoms with Crippen LogP contribution in [0.3, 0.4) is 0 Å². The van der Waals surface area contributed by atoms with Crippen molar-refractivity contribution in [2.24, 2.45) is 0 Å². The molecule has 2 aromatic carbocycles. The Kier molecular flexibility index (Phi) is 4.45. The number of rotatable bonds is 3. The molecule has 7 nitrogen and oxygen atoms in total. The first kappa shape index (κ1) is 17.4. The first-order valence-corrected chi connectivity index (χ1v) is 8.85. The number of amides is 2. The summed E-state index contributed by atoms with van der Waals surface area (Å²) in [5.74, 6) is -0.480. The number of anilines is 1. The van der Waals surface area contributed by atoms with Gasteiger partial charge in [-0.2, -0.15) is 0 Å². The van der Waals surface area contributed by atoms with Crippen LogP contribution in [-0.4, -0.2) is 36.7 Å². The van der Waals surface area contributed by atoms with Crippen molar-refractivity contribution in [1.82, 2.24) is 5.32 Å². The molecule has 27 heavy (non-hydrogen) atoms. The van der Waals surface area contributed by atoms with Crippen molar-refractivity contribution in [2.45, 2.75) is 18.4 Å². The molecule has 0 saturated carbocycles. The van der Waals surface area contributed by atoms with Crippen LogP contribution >= 0.6 is 0 Å².